The van der Waals surface area contributed by atoms with Gasteiger partial charge in [-0.05, 0) is 55.7 Å². The maximum atomic E-state index is 12.9. The standard InChI is InChI=1S/C23H24N2O3S/c1-16-7-6-9-19(13-16)15-24-23(26)20-12-11-18(3)22(14-20)29(27,28)25-21-10-5-4-8-17(21)2/h4-14,25H,15H2,1-3H3,(H,24,26). The monoisotopic (exact) mass is 408 g/mol. The molecule has 0 fully saturated rings. The fourth-order valence-electron chi connectivity index (χ4n) is 3.02. The van der Waals surface area contributed by atoms with Crippen molar-refractivity contribution < 1.29 is 13.2 Å². The van der Waals surface area contributed by atoms with Crippen LogP contribution in [0.4, 0.5) is 5.69 Å². The lowest BCUT2D eigenvalue weighted by Gasteiger charge is -2.13. The molecule has 0 spiro atoms. The lowest BCUT2D eigenvalue weighted by Crippen LogP contribution is -2.23. The zero-order valence-electron chi connectivity index (χ0n) is 16.7. The third kappa shape index (κ3) is 5.03. The van der Waals surface area contributed by atoms with Gasteiger partial charge in [0.05, 0.1) is 10.6 Å². The summed E-state index contributed by atoms with van der Waals surface area (Å²) in [7, 11) is -3.83. The number of carbonyl (C=O) groups is 1. The molecule has 0 saturated carbocycles. The third-order valence-corrected chi connectivity index (χ3v) is 6.17. The van der Waals surface area contributed by atoms with Crippen LogP contribution in [0.25, 0.3) is 0 Å². The Morgan fingerprint density at radius 2 is 1.62 bits per heavy atom. The molecule has 2 N–H and O–H groups in total. The first-order chi connectivity index (χ1) is 13.8. The zero-order chi connectivity index (χ0) is 21.0. The van der Waals surface area contributed by atoms with Crippen LogP contribution < -0.4 is 10.0 Å². The Morgan fingerprint density at radius 1 is 0.862 bits per heavy atom. The fourth-order valence-corrected chi connectivity index (χ4v) is 4.43. The summed E-state index contributed by atoms with van der Waals surface area (Å²) in [4.78, 5) is 12.7. The second-order valence-corrected chi connectivity index (χ2v) is 8.72. The molecule has 29 heavy (non-hydrogen) atoms. The van der Waals surface area contributed by atoms with Crippen LogP contribution in [0.15, 0.2) is 71.6 Å². The predicted octanol–water partition coefficient (Wildman–Crippen LogP) is 4.34. The largest absolute Gasteiger partial charge is 0.348 e. The van der Waals surface area contributed by atoms with Crippen molar-refractivity contribution >= 4 is 21.6 Å². The highest BCUT2D eigenvalue weighted by Crippen LogP contribution is 2.23. The van der Waals surface area contributed by atoms with E-state index in [2.05, 4.69) is 10.0 Å². The van der Waals surface area contributed by atoms with Crippen LogP contribution in [0.1, 0.15) is 32.6 Å². The number of nitrogens with one attached hydrogen (secondary N) is 2. The smallest absolute Gasteiger partial charge is 0.262 e. The normalized spacial score (nSPS) is 11.1. The first-order valence-electron chi connectivity index (χ1n) is 9.29. The van der Waals surface area contributed by atoms with Gasteiger partial charge in [-0.25, -0.2) is 8.42 Å². The summed E-state index contributed by atoms with van der Waals surface area (Å²) in [6, 6.07) is 19.7. The molecule has 1 amide bonds. The van der Waals surface area contributed by atoms with Crippen molar-refractivity contribution in [2.75, 3.05) is 4.72 Å². The van der Waals surface area contributed by atoms with Crippen LogP contribution in [0.5, 0.6) is 0 Å². The Hall–Kier alpha value is -3.12. The summed E-state index contributed by atoms with van der Waals surface area (Å²) >= 11 is 0. The molecular weight excluding hydrogens is 384 g/mol. The highest BCUT2D eigenvalue weighted by atomic mass is 32.2. The number of sulfonamides is 1. The Labute approximate surface area is 171 Å². The van der Waals surface area contributed by atoms with Crippen LogP contribution in [-0.2, 0) is 16.6 Å². The van der Waals surface area contributed by atoms with Crippen LogP contribution >= 0.6 is 0 Å². The Kier molecular flexibility index (Phi) is 6.03. The molecule has 0 aliphatic rings. The van der Waals surface area contributed by atoms with Crippen molar-refractivity contribution in [2.45, 2.75) is 32.2 Å². The van der Waals surface area contributed by atoms with Gasteiger partial charge < -0.3 is 5.32 Å². The summed E-state index contributed by atoms with van der Waals surface area (Å²) < 4.78 is 28.5. The summed E-state index contributed by atoms with van der Waals surface area (Å²) in [5, 5.41) is 2.85. The molecule has 0 heterocycles. The van der Waals surface area contributed by atoms with E-state index >= 15 is 0 Å². The summed E-state index contributed by atoms with van der Waals surface area (Å²) in [5.74, 6) is -0.321. The van der Waals surface area contributed by atoms with Gasteiger partial charge in [0.25, 0.3) is 15.9 Å². The molecule has 5 nitrogen and oxygen atoms in total. The molecule has 3 rings (SSSR count). The lowest BCUT2D eigenvalue weighted by molar-refractivity contribution is 0.0950. The first-order valence-corrected chi connectivity index (χ1v) is 10.8. The molecule has 0 aromatic heterocycles. The minimum absolute atomic E-state index is 0.0870. The topological polar surface area (TPSA) is 75.3 Å². The molecule has 0 bridgehead atoms. The first kappa shape index (κ1) is 20.6. The molecule has 3 aromatic rings. The molecule has 0 saturated heterocycles. The van der Waals surface area contributed by atoms with E-state index in [0.29, 0.717) is 23.4 Å². The van der Waals surface area contributed by atoms with Gasteiger partial charge in [0.1, 0.15) is 0 Å². The van der Waals surface area contributed by atoms with Crippen LogP contribution in [0.2, 0.25) is 0 Å². The SMILES string of the molecule is Cc1cccc(CNC(=O)c2ccc(C)c(S(=O)(=O)Nc3ccccc3C)c2)c1. The Morgan fingerprint density at radius 3 is 2.34 bits per heavy atom. The molecule has 0 atom stereocenters. The van der Waals surface area contributed by atoms with Gasteiger partial charge in [0, 0.05) is 12.1 Å². The molecule has 0 radical (unpaired) electrons. The number of benzene rings is 3. The number of carbonyl (C=O) groups excluding carboxylic acids is 1. The molecule has 0 aliphatic heterocycles. The van der Waals surface area contributed by atoms with Crippen LogP contribution in [-0.4, -0.2) is 14.3 Å². The van der Waals surface area contributed by atoms with Gasteiger partial charge in [-0.3, -0.25) is 9.52 Å². The van der Waals surface area contributed by atoms with E-state index in [9.17, 15) is 13.2 Å². The van der Waals surface area contributed by atoms with E-state index in [1.54, 1.807) is 31.2 Å². The molecule has 6 heteroatoms. The van der Waals surface area contributed by atoms with Crippen LogP contribution in [0, 0.1) is 20.8 Å². The highest BCUT2D eigenvalue weighted by Gasteiger charge is 2.20. The quantitative estimate of drug-likeness (QED) is 0.637. The van der Waals surface area contributed by atoms with Gasteiger partial charge in [-0.15, -0.1) is 0 Å². The van der Waals surface area contributed by atoms with Gasteiger partial charge in [0.15, 0.2) is 0 Å². The number of anilines is 1. The molecule has 150 valence electrons. The zero-order valence-corrected chi connectivity index (χ0v) is 17.5. The van der Waals surface area contributed by atoms with E-state index in [0.717, 1.165) is 16.7 Å². The van der Waals surface area contributed by atoms with Gasteiger partial charge >= 0.3 is 0 Å². The Balaban J connectivity index is 1.81. The van der Waals surface area contributed by atoms with Crippen molar-refractivity contribution in [3.05, 3.63) is 94.5 Å². The van der Waals surface area contributed by atoms with Crippen molar-refractivity contribution in [2.24, 2.45) is 0 Å². The summed E-state index contributed by atoms with van der Waals surface area (Å²) in [6.45, 7) is 5.91. The maximum absolute atomic E-state index is 12.9. The fraction of sp³-hybridized carbons (Fsp3) is 0.174. The average molecular weight is 409 g/mol. The third-order valence-electron chi connectivity index (χ3n) is 4.66. The number of amides is 1. The predicted molar refractivity (Wildman–Crippen MR) is 116 cm³/mol. The van der Waals surface area contributed by atoms with E-state index < -0.39 is 10.0 Å². The summed E-state index contributed by atoms with van der Waals surface area (Å²) in [5.41, 5.74) is 4.30. The van der Waals surface area contributed by atoms with E-state index in [-0.39, 0.29) is 10.8 Å². The number of aryl methyl sites for hydroxylation is 3. The van der Waals surface area contributed by atoms with Gasteiger partial charge in [0.2, 0.25) is 0 Å². The number of rotatable bonds is 6. The van der Waals surface area contributed by atoms with Crippen molar-refractivity contribution in [3.8, 4) is 0 Å². The second kappa shape index (κ2) is 8.49. The highest BCUT2D eigenvalue weighted by molar-refractivity contribution is 7.92. The van der Waals surface area contributed by atoms with Crippen molar-refractivity contribution in [3.63, 3.8) is 0 Å². The minimum Gasteiger partial charge on any atom is -0.348 e. The van der Waals surface area contributed by atoms with E-state index in [1.807, 2.05) is 50.2 Å². The van der Waals surface area contributed by atoms with Crippen LogP contribution in [0.3, 0.4) is 0 Å². The molecule has 0 aliphatic carbocycles. The van der Waals surface area contributed by atoms with E-state index in [4.69, 9.17) is 0 Å². The molecule has 3 aromatic carbocycles. The van der Waals surface area contributed by atoms with Crippen molar-refractivity contribution in [1.82, 2.24) is 5.32 Å². The lowest BCUT2D eigenvalue weighted by atomic mass is 10.1. The number of hydrogen-bond acceptors (Lipinski definition) is 3. The van der Waals surface area contributed by atoms with Crippen molar-refractivity contribution in [1.29, 1.82) is 0 Å². The maximum Gasteiger partial charge on any atom is 0.262 e. The second-order valence-electron chi connectivity index (χ2n) is 7.07. The minimum atomic E-state index is -3.83. The number of para-hydroxylation sites is 1. The van der Waals surface area contributed by atoms with E-state index in [1.165, 1.54) is 6.07 Å². The Bertz CT molecular complexity index is 1150. The average Bonchev–Trinajstić information content (AvgIpc) is 2.68. The van der Waals surface area contributed by atoms with Gasteiger partial charge in [-0.1, -0.05) is 54.1 Å². The van der Waals surface area contributed by atoms with Gasteiger partial charge in [-0.2, -0.15) is 0 Å². The summed E-state index contributed by atoms with van der Waals surface area (Å²) in [6.07, 6.45) is 0. The number of hydrogen-bond donors (Lipinski definition) is 2. The molecule has 0 unspecified atom stereocenters. The molecular formula is C23H24N2O3S.